The average Bonchev–Trinajstić information content (AvgIpc) is 3.02. The van der Waals surface area contributed by atoms with Crippen LogP contribution < -0.4 is 5.14 Å². The Bertz CT molecular complexity index is 925. The zero-order chi connectivity index (χ0) is 15.2. The molecule has 21 heavy (non-hydrogen) atoms. The number of imidazole rings is 1. The molecule has 9 heteroatoms. The molecular weight excluding hydrogens is 292 g/mol. The second-order valence-corrected chi connectivity index (χ2v) is 6.17. The predicted molar refractivity (Wildman–Crippen MR) is 76.8 cm³/mol. The van der Waals surface area contributed by atoms with Gasteiger partial charge in [0.05, 0.1) is 28.7 Å². The Morgan fingerprint density at radius 3 is 2.71 bits per heavy atom. The third-order valence-electron chi connectivity index (χ3n) is 3.23. The number of aromatic nitrogens is 5. The van der Waals surface area contributed by atoms with Gasteiger partial charge in [-0.25, -0.2) is 18.5 Å². The maximum absolute atomic E-state index is 11.4. The first-order valence-electron chi connectivity index (χ1n) is 6.30. The van der Waals surface area contributed by atoms with Crippen LogP contribution in [-0.4, -0.2) is 33.0 Å². The molecule has 0 bridgehead atoms. The fourth-order valence-corrected chi connectivity index (χ4v) is 2.67. The van der Waals surface area contributed by atoms with Crippen LogP contribution in [0.15, 0.2) is 29.3 Å². The van der Waals surface area contributed by atoms with E-state index >= 15 is 0 Å². The fourth-order valence-electron chi connectivity index (χ4n) is 2.14. The van der Waals surface area contributed by atoms with E-state index in [0.29, 0.717) is 23.6 Å². The molecule has 2 heterocycles. The van der Waals surface area contributed by atoms with Crippen LogP contribution in [0.2, 0.25) is 0 Å². The van der Waals surface area contributed by atoms with Gasteiger partial charge in [-0.3, -0.25) is 0 Å². The van der Waals surface area contributed by atoms with Crippen LogP contribution in [0, 0.1) is 0 Å². The Hall–Kier alpha value is -2.26. The van der Waals surface area contributed by atoms with Crippen molar-refractivity contribution in [2.75, 3.05) is 0 Å². The van der Waals surface area contributed by atoms with Crippen LogP contribution in [0.4, 0.5) is 0 Å². The highest BCUT2D eigenvalue weighted by molar-refractivity contribution is 7.89. The molecule has 8 nitrogen and oxygen atoms in total. The van der Waals surface area contributed by atoms with Gasteiger partial charge in [-0.05, 0) is 25.1 Å². The van der Waals surface area contributed by atoms with Gasteiger partial charge < -0.3 is 4.57 Å². The van der Waals surface area contributed by atoms with E-state index < -0.39 is 10.0 Å². The smallest absolute Gasteiger partial charge is 0.238 e. The monoisotopic (exact) mass is 306 g/mol. The molecule has 0 radical (unpaired) electrons. The highest BCUT2D eigenvalue weighted by atomic mass is 32.2. The Morgan fingerprint density at radius 1 is 1.33 bits per heavy atom. The molecule has 2 aromatic heterocycles. The van der Waals surface area contributed by atoms with Crippen molar-refractivity contribution in [3.8, 4) is 11.5 Å². The molecule has 0 fully saturated rings. The molecule has 1 aromatic carbocycles. The Labute approximate surface area is 121 Å². The van der Waals surface area contributed by atoms with Gasteiger partial charge in [0.2, 0.25) is 10.0 Å². The van der Waals surface area contributed by atoms with Crippen molar-refractivity contribution in [2.45, 2.75) is 18.4 Å². The van der Waals surface area contributed by atoms with Gasteiger partial charge in [0.1, 0.15) is 5.69 Å². The normalized spacial score (nSPS) is 12.1. The summed E-state index contributed by atoms with van der Waals surface area (Å²) in [5.41, 5.74) is 1.97. The highest BCUT2D eigenvalue weighted by Gasteiger charge is 2.15. The van der Waals surface area contributed by atoms with Crippen molar-refractivity contribution in [1.82, 2.24) is 24.5 Å². The van der Waals surface area contributed by atoms with Gasteiger partial charge in [0.25, 0.3) is 0 Å². The topological polar surface area (TPSA) is 109 Å². The maximum Gasteiger partial charge on any atom is 0.238 e. The number of aryl methyl sites for hydroxylation is 2. The molecule has 0 saturated heterocycles. The zero-order valence-corrected chi connectivity index (χ0v) is 12.4. The van der Waals surface area contributed by atoms with Crippen LogP contribution in [0.3, 0.4) is 0 Å². The lowest BCUT2D eigenvalue weighted by Gasteiger charge is -1.99. The lowest BCUT2D eigenvalue weighted by Crippen LogP contribution is -2.11. The molecule has 0 aliphatic carbocycles. The fraction of sp³-hybridized carbons (Fsp3) is 0.250. The molecule has 110 valence electrons. The summed E-state index contributed by atoms with van der Waals surface area (Å²) in [6.45, 7) is 2.61. The van der Waals surface area contributed by atoms with Gasteiger partial charge in [-0.2, -0.15) is 15.0 Å². The summed E-state index contributed by atoms with van der Waals surface area (Å²) in [6, 6.07) is 4.60. The molecule has 0 atom stereocenters. The number of fused-ring (bicyclic) bond motifs is 1. The molecule has 0 unspecified atom stereocenters. The third kappa shape index (κ3) is 2.30. The third-order valence-corrected chi connectivity index (χ3v) is 4.14. The number of sulfonamides is 1. The van der Waals surface area contributed by atoms with E-state index in [0.717, 1.165) is 5.52 Å². The highest BCUT2D eigenvalue weighted by Crippen LogP contribution is 2.23. The molecule has 0 amide bonds. The van der Waals surface area contributed by atoms with Crippen LogP contribution in [0.25, 0.3) is 22.6 Å². The lowest BCUT2D eigenvalue weighted by molar-refractivity contribution is 0.570. The number of benzene rings is 1. The summed E-state index contributed by atoms with van der Waals surface area (Å²) in [6.07, 6.45) is 1.63. The van der Waals surface area contributed by atoms with Gasteiger partial charge in [0.15, 0.2) is 5.82 Å². The number of nitrogens with two attached hydrogens (primary N) is 1. The molecule has 3 rings (SSSR count). The maximum atomic E-state index is 11.4. The largest absolute Gasteiger partial charge is 0.326 e. The first kappa shape index (κ1) is 13.7. The van der Waals surface area contributed by atoms with E-state index in [1.165, 1.54) is 12.1 Å². The standard InChI is InChI=1S/C12H14N6O2S/c1-3-18-14-7-10(16-18)12-15-9-6-8(21(13,19)20)4-5-11(9)17(12)2/h4-7H,3H2,1-2H3,(H2,13,19,20). The Morgan fingerprint density at radius 2 is 2.10 bits per heavy atom. The summed E-state index contributed by atoms with van der Waals surface area (Å²) in [4.78, 5) is 6.03. The number of rotatable bonds is 3. The van der Waals surface area contributed by atoms with E-state index in [4.69, 9.17) is 5.14 Å². The number of hydrogen-bond acceptors (Lipinski definition) is 5. The van der Waals surface area contributed by atoms with Gasteiger partial charge in [-0.1, -0.05) is 0 Å². The molecule has 0 aliphatic rings. The van der Waals surface area contributed by atoms with Crippen molar-refractivity contribution >= 4 is 21.1 Å². The summed E-state index contributed by atoms with van der Waals surface area (Å²) in [5.74, 6) is 0.622. The van der Waals surface area contributed by atoms with Crippen molar-refractivity contribution in [2.24, 2.45) is 12.2 Å². The first-order chi connectivity index (χ1) is 9.90. The first-order valence-corrected chi connectivity index (χ1v) is 7.84. The van der Waals surface area contributed by atoms with E-state index in [2.05, 4.69) is 15.2 Å². The van der Waals surface area contributed by atoms with Crippen LogP contribution in [0.1, 0.15) is 6.92 Å². The lowest BCUT2D eigenvalue weighted by atomic mass is 10.3. The van der Waals surface area contributed by atoms with E-state index in [1.807, 2.05) is 18.5 Å². The van der Waals surface area contributed by atoms with E-state index in [1.54, 1.807) is 17.1 Å². The molecule has 0 aliphatic heterocycles. The summed E-state index contributed by atoms with van der Waals surface area (Å²) in [7, 11) is -1.90. The second-order valence-electron chi connectivity index (χ2n) is 4.61. The Balaban J connectivity index is 2.19. The predicted octanol–water partition coefficient (Wildman–Crippen LogP) is 0.499. The SMILES string of the molecule is CCn1ncc(-c2nc3cc(S(N)(=O)=O)ccc3n2C)n1. The van der Waals surface area contributed by atoms with Crippen LogP contribution >= 0.6 is 0 Å². The second kappa shape index (κ2) is 4.64. The van der Waals surface area contributed by atoms with Crippen LogP contribution in [0.5, 0.6) is 0 Å². The number of hydrogen-bond donors (Lipinski definition) is 1. The minimum Gasteiger partial charge on any atom is -0.326 e. The average molecular weight is 306 g/mol. The van der Waals surface area contributed by atoms with E-state index in [-0.39, 0.29) is 4.90 Å². The quantitative estimate of drug-likeness (QED) is 0.758. The summed E-state index contributed by atoms with van der Waals surface area (Å²) in [5, 5.41) is 13.6. The molecular formula is C12H14N6O2S. The van der Waals surface area contributed by atoms with Gasteiger partial charge in [0, 0.05) is 7.05 Å². The van der Waals surface area contributed by atoms with E-state index in [9.17, 15) is 8.42 Å². The number of nitrogens with zero attached hydrogens (tertiary/aromatic N) is 5. The minimum absolute atomic E-state index is 0.0388. The van der Waals surface area contributed by atoms with Crippen molar-refractivity contribution in [3.63, 3.8) is 0 Å². The Kier molecular flexibility index (Phi) is 3.03. The molecule has 0 spiro atoms. The van der Waals surface area contributed by atoms with Crippen molar-refractivity contribution in [3.05, 3.63) is 24.4 Å². The van der Waals surface area contributed by atoms with Crippen LogP contribution in [-0.2, 0) is 23.6 Å². The summed E-state index contributed by atoms with van der Waals surface area (Å²) < 4.78 is 24.6. The molecule has 0 saturated carbocycles. The molecule has 3 aromatic rings. The number of primary sulfonamides is 1. The zero-order valence-electron chi connectivity index (χ0n) is 11.6. The van der Waals surface area contributed by atoms with Crippen molar-refractivity contribution < 1.29 is 8.42 Å². The minimum atomic E-state index is -3.74. The van der Waals surface area contributed by atoms with Gasteiger partial charge >= 0.3 is 0 Å². The van der Waals surface area contributed by atoms with Crippen molar-refractivity contribution in [1.29, 1.82) is 0 Å². The summed E-state index contributed by atoms with van der Waals surface area (Å²) >= 11 is 0. The van der Waals surface area contributed by atoms with Gasteiger partial charge in [-0.15, -0.1) is 0 Å². The molecule has 2 N–H and O–H groups in total.